The number of amides is 2. The van der Waals surface area contributed by atoms with E-state index in [-0.39, 0.29) is 32.0 Å². The van der Waals surface area contributed by atoms with E-state index in [4.69, 9.17) is 14.2 Å². The first-order valence-corrected chi connectivity index (χ1v) is 17.2. The molecule has 1 aliphatic heterocycles. The van der Waals surface area contributed by atoms with Gasteiger partial charge < -0.3 is 35.1 Å². The third-order valence-corrected chi connectivity index (χ3v) is 9.26. The summed E-state index contributed by atoms with van der Waals surface area (Å²) >= 11 is 1.65. The highest BCUT2D eigenvalue weighted by molar-refractivity contribution is 7.99. The molecule has 0 spiro atoms. The molecular weight excluding hydrogens is 628 g/mol. The van der Waals surface area contributed by atoms with Crippen molar-refractivity contribution in [1.82, 2.24) is 10.6 Å². The maximum Gasteiger partial charge on any atom is 0.328 e. The van der Waals surface area contributed by atoms with Crippen molar-refractivity contribution in [2.45, 2.75) is 50.5 Å². The van der Waals surface area contributed by atoms with Crippen LogP contribution in [0.15, 0.2) is 103 Å². The molecule has 4 atom stereocenters. The fourth-order valence-electron chi connectivity index (χ4n) is 5.65. The molecule has 4 aromatic rings. The maximum absolute atomic E-state index is 12.9. The normalized spacial score (nSPS) is 18.1. The van der Waals surface area contributed by atoms with Crippen LogP contribution in [0.5, 0.6) is 0 Å². The fourth-order valence-corrected chi connectivity index (χ4v) is 6.42. The molecule has 0 aliphatic carbocycles. The van der Waals surface area contributed by atoms with Crippen LogP contribution in [0.2, 0.25) is 0 Å². The van der Waals surface area contributed by atoms with Crippen molar-refractivity contribution >= 4 is 23.8 Å². The molecule has 1 aliphatic rings. The topological polar surface area (TPSA) is 126 Å². The molecule has 2 amide bonds. The average Bonchev–Trinajstić information content (AvgIpc) is 3.14. The number of carbonyl (C=O) groups is 2. The summed E-state index contributed by atoms with van der Waals surface area (Å²) < 4.78 is 17.8. The zero-order valence-corrected chi connectivity index (χ0v) is 27.7. The van der Waals surface area contributed by atoms with Gasteiger partial charge in [0.2, 0.25) is 0 Å². The second kappa shape index (κ2) is 17.8. The van der Waals surface area contributed by atoms with Gasteiger partial charge in [0.15, 0.2) is 6.29 Å². The van der Waals surface area contributed by atoms with E-state index in [1.165, 1.54) is 7.11 Å². The second-order valence-electron chi connectivity index (χ2n) is 11.5. The van der Waals surface area contributed by atoms with Crippen molar-refractivity contribution in [3.05, 3.63) is 131 Å². The molecule has 0 radical (unpaired) electrons. The largest absolute Gasteiger partial charge is 0.467 e. The Morgan fingerprint density at radius 2 is 1.58 bits per heavy atom. The summed E-state index contributed by atoms with van der Waals surface area (Å²) in [5.41, 5.74) is 6.51. The number of rotatable bonds is 14. The molecule has 4 N–H and O–H groups in total. The predicted octanol–water partition coefficient (Wildman–Crippen LogP) is 5.70. The van der Waals surface area contributed by atoms with Crippen molar-refractivity contribution in [2.75, 3.05) is 25.2 Å². The number of urea groups is 1. The van der Waals surface area contributed by atoms with E-state index in [1.54, 1.807) is 11.8 Å². The lowest BCUT2D eigenvalue weighted by atomic mass is 9.98. The van der Waals surface area contributed by atoms with Gasteiger partial charge in [-0.3, -0.25) is 0 Å². The summed E-state index contributed by atoms with van der Waals surface area (Å²) in [5.74, 6) is 0.872. The van der Waals surface area contributed by atoms with Crippen molar-refractivity contribution in [1.29, 1.82) is 0 Å². The summed E-state index contributed by atoms with van der Waals surface area (Å²) in [6.45, 7) is 0.359. The van der Waals surface area contributed by atoms with Crippen LogP contribution in [0.3, 0.4) is 0 Å². The molecule has 10 heteroatoms. The molecule has 0 bridgehead atoms. The lowest BCUT2D eigenvalue weighted by Crippen LogP contribution is -2.47. The van der Waals surface area contributed by atoms with Gasteiger partial charge in [-0.1, -0.05) is 103 Å². The molecule has 1 saturated heterocycles. The van der Waals surface area contributed by atoms with Gasteiger partial charge in [-0.2, -0.15) is 11.8 Å². The summed E-state index contributed by atoms with van der Waals surface area (Å²) in [6, 6.07) is 31.8. The number of hydrogen-bond acceptors (Lipinski definition) is 8. The summed E-state index contributed by atoms with van der Waals surface area (Å²) in [6.07, 6.45) is 0.185. The first-order chi connectivity index (χ1) is 23.5. The van der Waals surface area contributed by atoms with Gasteiger partial charge in [0.25, 0.3) is 0 Å². The van der Waals surface area contributed by atoms with E-state index in [1.807, 2.05) is 103 Å². The third-order valence-electron chi connectivity index (χ3n) is 8.18. The molecule has 1 heterocycles. The van der Waals surface area contributed by atoms with Gasteiger partial charge >= 0.3 is 12.0 Å². The van der Waals surface area contributed by atoms with Gasteiger partial charge in [-0.15, -0.1) is 0 Å². The molecule has 252 valence electrons. The van der Waals surface area contributed by atoms with Gasteiger partial charge in [0.1, 0.15) is 6.04 Å². The van der Waals surface area contributed by atoms with E-state index in [0.717, 1.165) is 44.7 Å². The van der Waals surface area contributed by atoms with Crippen molar-refractivity contribution < 1.29 is 34.0 Å². The van der Waals surface area contributed by atoms with Crippen LogP contribution < -0.4 is 10.6 Å². The molecule has 9 nitrogen and oxygen atoms in total. The number of esters is 1. The molecule has 0 aromatic heterocycles. The summed E-state index contributed by atoms with van der Waals surface area (Å²) in [7, 11) is 1.31. The maximum atomic E-state index is 12.9. The zero-order valence-electron chi connectivity index (χ0n) is 26.9. The third kappa shape index (κ3) is 9.68. The van der Waals surface area contributed by atoms with Crippen LogP contribution >= 0.6 is 11.8 Å². The number of nitrogens with one attached hydrogen (secondary N) is 2. The highest BCUT2D eigenvalue weighted by atomic mass is 32.2. The Balaban J connectivity index is 1.26. The monoisotopic (exact) mass is 670 g/mol. The minimum absolute atomic E-state index is 0.0126. The number of carbonyl (C=O) groups excluding carboxylic acids is 2. The molecular formula is C38H42N2O7S. The van der Waals surface area contributed by atoms with Gasteiger partial charge in [-0.05, 0) is 33.4 Å². The van der Waals surface area contributed by atoms with Crippen LogP contribution in [0.1, 0.15) is 46.6 Å². The quantitative estimate of drug-likeness (QED) is 0.0995. The Kier molecular flexibility index (Phi) is 13.0. The lowest BCUT2D eigenvalue weighted by molar-refractivity contribution is -0.245. The highest BCUT2D eigenvalue weighted by Gasteiger charge is 2.32. The average molecular weight is 671 g/mol. The van der Waals surface area contributed by atoms with Gasteiger partial charge in [-0.25, -0.2) is 9.59 Å². The molecule has 0 saturated carbocycles. The number of methoxy groups -OCH3 is 1. The van der Waals surface area contributed by atoms with E-state index >= 15 is 0 Å². The van der Waals surface area contributed by atoms with Crippen molar-refractivity contribution in [2.24, 2.45) is 0 Å². The summed E-state index contributed by atoms with van der Waals surface area (Å²) in [5, 5.41) is 24.4. The Labute approximate surface area is 285 Å². The Bertz CT molecular complexity index is 1600. The van der Waals surface area contributed by atoms with Gasteiger partial charge in [0.05, 0.1) is 32.5 Å². The molecule has 1 fully saturated rings. The fraction of sp³-hybridized carbons (Fsp3) is 0.316. The van der Waals surface area contributed by atoms with Crippen LogP contribution in [-0.4, -0.2) is 59.6 Å². The number of aliphatic hydroxyl groups excluding tert-OH is 2. The second-order valence-corrected chi connectivity index (χ2v) is 12.7. The first-order valence-electron chi connectivity index (χ1n) is 16.0. The predicted molar refractivity (Wildman–Crippen MR) is 186 cm³/mol. The van der Waals surface area contributed by atoms with Gasteiger partial charge in [0, 0.05) is 36.5 Å². The van der Waals surface area contributed by atoms with Crippen LogP contribution in [0.25, 0.3) is 11.1 Å². The minimum Gasteiger partial charge on any atom is -0.467 e. The smallest absolute Gasteiger partial charge is 0.328 e. The SMILES string of the molecule is COC(=O)[C@H](Cc1ccccc1)NC(=O)NCc1ccccc1-c1ccc([C@@H]2O[C@H](CSCCO)C[C@H](c3ccc(CO)cc3)O2)cc1. The minimum atomic E-state index is -0.822. The van der Waals surface area contributed by atoms with Crippen LogP contribution in [0.4, 0.5) is 4.79 Å². The summed E-state index contributed by atoms with van der Waals surface area (Å²) in [4.78, 5) is 25.3. The van der Waals surface area contributed by atoms with E-state index < -0.39 is 24.3 Å². The zero-order chi connectivity index (χ0) is 33.7. The molecule has 4 aromatic carbocycles. The van der Waals surface area contributed by atoms with E-state index in [0.29, 0.717) is 18.6 Å². The lowest BCUT2D eigenvalue weighted by Gasteiger charge is -2.36. The highest BCUT2D eigenvalue weighted by Crippen LogP contribution is 2.39. The van der Waals surface area contributed by atoms with Crippen molar-refractivity contribution in [3.63, 3.8) is 0 Å². The number of hydrogen-bond donors (Lipinski definition) is 4. The molecule has 0 unspecified atom stereocenters. The first kappa shape index (κ1) is 35.1. The van der Waals surface area contributed by atoms with Crippen LogP contribution in [0, 0.1) is 0 Å². The standard InChI is InChI=1S/C38H42N2O7S/c1-45-36(43)34(21-26-7-3-2-4-8-26)40-38(44)39-23-31-9-5-6-10-33(31)28-15-17-30(18-16-28)37-46-32(25-48-20-19-41)22-35(47-37)29-13-11-27(24-42)12-14-29/h2-18,32,34-35,37,41-42H,19-25H2,1H3,(H2,39,40,44)/t32-,34-,35+,37+/m0/s1. The van der Waals surface area contributed by atoms with E-state index in [9.17, 15) is 19.8 Å². The number of benzene rings is 4. The number of thioether (sulfide) groups is 1. The molecule has 5 rings (SSSR count). The van der Waals surface area contributed by atoms with Crippen LogP contribution in [-0.2, 0) is 38.6 Å². The Morgan fingerprint density at radius 1 is 0.875 bits per heavy atom. The Hall–Kier alpha value is -4.19. The Morgan fingerprint density at radius 3 is 2.29 bits per heavy atom. The molecule has 48 heavy (non-hydrogen) atoms. The number of aliphatic hydroxyl groups is 2. The van der Waals surface area contributed by atoms with Crippen molar-refractivity contribution in [3.8, 4) is 11.1 Å². The van der Waals surface area contributed by atoms with E-state index in [2.05, 4.69) is 10.6 Å². The number of ether oxygens (including phenoxy) is 3.